The summed E-state index contributed by atoms with van der Waals surface area (Å²) < 4.78 is 34.8. The van der Waals surface area contributed by atoms with Gasteiger partial charge in [0.2, 0.25) is 0 Å². The molecule has 146 valence electrons. The molecule has 0 aliphatic heterocycles. The summed E-state index contributed by atoms with van der Waals surface area (Å²) in [5.41, 5.74) is 6.14. The van der Waals surface area contributed by atoms with Crippen LogP contribution in [0.15, 0.2) is 33.3 Å². The molecule has 3 aromatic rings. The highest BCUT2D eigenvalue weighted by Gasteiger charge is 2.36. The van der Waals surface area contributed by atoms with E-state index in [0.717, 1.165) is 25.7 Å². The Morgan fingerprint density at radius 2 is 2.11 bits per heavy atom. The van der Waals surface area contributed by atoms with Gasteiger partial charge < -0.3 is 10.3 Å². The minimum Gasteiger partial charge on any atom is -0.333 e. The third kappa shape index (κ3) is 3.72. The van der Waals surface area contributed by atoms with Crippen LogP contribution in [0.4, 0.5) is 5.69 Å². The van der Waals surface area contributed by atoms with E-state index in [0.29, 0.717) is 16.4 Å². The Hall–Kier alpha value is -1.95. The van der Waals surface area contributed by atoms with E-state index in [1.54, 1.807) is 18.6 Å². The van der Waals surface area contributed by atoms with Gasteiger partial charge in [0.05, 0.1) is 17.4 Å². The lowest BCUT2D eigenvalue weighted by atomic mass is 9.99. The highest BCUT2D eigenvalue weighted by atomic mass is 35.5. The molecule has 1 fully saturated rings. The van der Waals surface area contributed by atoms with E-state index >= 15 is 0 Å². The Morgan fingerprint density at radius 3 is 2.78 bits per heavy atom. The molecule has 1 aliphatic rings. The lowest BCUT2D eigenvalue weighted by molar-refractivity contribution is 0.372. The van der Waals surface area contributed by atoms with Crippen LogP contribution >= 0.6 is 23.7 Å². The minimum atomic E-state index is -3.81. The monoisotopic (exact) mass is 430 g/mol. The van der Waals surface area contributed by atoms with Crippen molar-refractivity contribution in [1.82, 2.24) is 19.9 Å². The lowest BCUT2D eigenvalue weighted by Crippen LogP contribution is -2.34. The summed E-state index contributed by atoms with van der Waals surface area (Å²) in [6.45, 7) is 0. The highest BCUT2D eigenvalue weighted by molar-refractivity contribution is 7.93. The van der Waals surface area contributed by atoms with Crippen molar-refractivity contribution in [2.75, 3.05) is 4.72 Å². The summed E-state index contributed by atoms with van der Waals surface area (Å²) in [5.74, 6) is 0.597. The quantitative estimate of drug-likeness (QED) is 0.635. The molecule has 3 aromatic heterocycles. The standard InChI is InChI=1S/C15H18N6O3S2.ClH/c1-21-9-10(8-17-21)20-26(22,23)11-4-7-25-12(11)13-18-14(19-24-13)15(16)5-2-3-6-15;/h4,7-9,20H,2-3,5-6,16H2,1H3;1H. The number of thiophene rings is 1. The van der Waals surface area contributed by atoms with Crippen molar-refractivity contribution in [3.8, 4) is 10.8 Å². The fraction of sp³-hybridized carbons (Fsp3) is 0.400. The SMILES string of the molecule is Cl.Cn1cc(NS(=O)(=O)c2ccsc2-c2nc(C3(N)CCCC3)no2)cn1. The Labute approximate surface area is 166 Å². The zero-order valence-electron chi connectivity index (χ0n) is 14.5. The van der Waals surface area contributed by atoms with Crippen LogP contribution in [0.3, 0.4) is 0 Å². The molecule has 0 bridgehead atoms. The molecule has 27 heavy (non-hydrogen) atoms. The smallest absolute Gasteiger partial charge is 0.269 e. The largest absolute Gasteiger partial charge is 0.333 e. The maximum Gasteiger partial charge on any atom is 0.269 e. The molecule has 0 atom stereocenters. The topological polar surface area (TPSA) is 129 Å². The molecule has 1 aliphatic carbocycles. The number of anilines is 1. The molecule has 9 nitrogen and oxygen atoms in total. The van der Waals surface area contributed by atoms with Crippen LogP contribution in [-0.2, 0) is 22.6 Å². The van der Waals surface area contributed by atoms with Crippen molar-refractivity contribution in [3.63, 3.8) is 0 Å². The number of hydrogen-bond acceptors (Lipinski definition) is 8. The fourth-order valence-corrected chi connectivity index (χ4v) is 5.47. The molecule has 0 radical (unpaired) electrons. The average Bonchev–Trinajstić information content (AvgIpc) is 3.33. The maximum absolute atomic E-state index is 12.7. The second kappa shape index (κ2) is 7.23. The van der Waals surface area contributed by atoms with E-state index < -0.39 is 15.6 Å². The van der Waals surface area contributed by atoms with Crippen LogP contribution in [0.5, 0.6) is 0 Å². The van der Waals surface area contributed by atoms with Gasteiger partial charge in [0, 0.05) is 13.2 Å². The first-order valence-corrected chi connectivity index (χ1v) is 10.5. The molecule has 0 amide bonds. The van der Waals surface area contributed by atoms with Crippen LogP contribution in [0, 0.1) is 0 Å². The number of sulfonamides is 1. The molecule has 0 saturated heterocycles. The zero-order chi connectivity index (χ0) is 18.4. The molecule has 0 spiro atoms. The number of nitrogens with one attached hydrogen (secondary N) is 1. The van der Waals surface area contributed by atoms with Crippen LogP contribution in [0.1, 0.15) is 31.5 Å². The molecule has 12 heteroatoms. The molecule has 0 aromatic carbocycles. The molecule has 3 N–H and O–H groups in total. The van der Waals surface area contributed by atoms with Gasteiger partial charge in [-0.25, -0.2) is 8.42 Å². The van der Waals surface area contributed by atoms with E-state index in [1.165, 1.54) is 28.3 Å². The molecule has 3 heterocycles. The molecular formula is C15H19ClN6O3S2. The van der Waals surface area contributed by atoms with Gasteiger partial charge >= 0.3 is 0 Å². The number of nitrogens with zero attached hydrogens (tertiary/aromatic N) is 4. The molecular weight excluding hydrogens is 412 g/mol. The maximum atomic E-state index is 12.7. The molecule has 0 unspecified atom stereocenters. The first-order chi connectivity index (χ1) is 12.4. The second-order valence-corrected chi connectivity index (χ2v) is 8.98. The fourth-order valence-electron chi connectivity index (χ4n) is 3.10. The van der Waals surface area contributed by atoms with E-state index in [1.807, 2.05) is 0 Å². The predicted molar refractivity (Wildman–Crippen MR) is 103 cm³/mol. The van der Waals surface area contributed by atoms with Crippen molar-refractivity contribution < 1.29 is 12.9 Å². The van der Waals surface area contributed by atoms with E-state index in [4.69, 9.17) is 10.3 Å². The van der Waals surface area contributed by atoms with Gasteiger partial charge in [-0.05, 0) is 24.3 Å². The number of nitrogens with two attached hydrogens (primary N) is 1. The van der Waals surface area contributed by atoms with Gasteiger partial charge in [0.1, 0.15) is 9.77 Å². The van der Waals surface area contributed by atoms with Crippen LogP contribution in [0.25, 0.3) is 10.8 Å². The second-order valence-electron chi connectivity index (χ2n) is 6.41. The van der Waals surface area contributed by atoms with Crippen LogP contribution in [-0.4, -0.2) is 28.3 Å². The summed E-state index contributed by atoms with van der Waals surface area (Å²) >= 11 is 1.22. The van der Waals surface area contributed by atoms with Gasteiger partial charge in [-0.3, -0.25) is 9.40 Å². The van der Waals surface area contributed by atoms with Crippen molar-refractivity contribution in [2.24, 2.45) is 12.8 Å². The summed E-state index contributed by atoms with van der Waals surface area (Å²) in [6.07, 6.45) is 6.65. The Balaban J connectivity index is 0.00000210. The van der Waals surface area contributed by atoms with Crippen molar-refractivity contribution >= 4 is 39.5 Å². The lowest BCUT2D eigenvalue weighted by Gasteiger charge is -2.17. The first-order valence-electron chi connectivity index (χ1n) is 8.10. The summed E-state index contributed by atoms with van der Waals surface area (Å²) in [7, 11) is -2.10. The summed E-state index contributed by atoms with van der Waals surface area (Å²) in [6, 6.07) is 1.51. The third-order valence-electron chi connectivity index (χ3n) is 4.44. The van der Waals surface area contributed by atoms with Gasteiger partial charge in [-0.1, -0.05) is 18.0 Å². The number of aryl methyl sites for hydroxylation is 1. The number of aromatic nitrogens is 4. The van der Waals surface area contributed by atoms with Crippen molar-refractivity contribution in [2.45, 2.75) is 36.1 Å². The Bertz CT molecular complexity index is 1040. The Morgan fingerprint density at radius 1 is 1.37 bits per heavy atom. The molecule has 4 rings (SSSR count). The van der Waals surface area contributed by atoms with Crippen LogP contribution in [0.2, 0.25) is 0 Å². The predicted octanol–water partition coefficient (Wildman–Crippen LogP) is 2.48. The minimum absolute atomic E-state index is 0. The average molecular weight is 431 g/mol. The van der Waals surface area contributed by atoms with Gasteiger partial charge in [0.15, 0.2) is 5.82 Å². The molecule has 1 saturated carbocycles. The number of halogens is 1. The van der Waals surface area contributed by atoms with E-state index in [2.05, 4.69) is 20.0 Å². The number of hydrogen-bond donors (Lipinski definition) is 2. The third-order valence-corrected chi connectivity index (χ3v) is 6.89. The van der Waals surface area contributed by atoms with Crippen molar-refractivity contribution in [3.05, 3.63) is 29.7 Å². The summed E-state index contributed by atoms with van der Waals surface area (Å²) in [4.78, 5) is 4.86. The first kappa shape index (κ1) is 19.8. The number of rotatable bonds is 5. The Kier molecular flexibility index (Phi) is 5.30. The van der Waals surface area contributed by atoms with E-state index in [9.17, 15) is 8.42 Å². The normalized spacial score (nSPS) is 16.2. The van der Waals surface area contributed by atoms with E-state index in [-0.39, 0.29) is 23.2 Å². The van der Waals surface area contributed by atoms with Crippen LogP contribution < -0.4 is 10.5 Å². The van der Waals surface area contributed by atoms with Gasteiger partial charge in [0.25, 0.3) is 15.9 Å². The van der Waals surface area contributed by atoms with Gasteiger partial charge in [-0.2, -0.15) is 10.1 Å². The highest BCUT2D eigenvalue weighted by Crippen LogP contribution is 2.37. The van der Waals surface area contributed by atoms with Crippen molar-refractivity contribution in [1.29, 1.82) is 0 Å². The zero-order valence-corrected chi connectivity index (χ0v) is 16.9. The van der Waals surface area contributed by atoms with Gasteiger partial charge in [-0.15, -0.1) is 23.7 Å². The summed E-state index contributed by atoms with van der Waals surface area (Å²) in [5, 5.41) is 9.63.